The van der Waals surface area contributed by atoms with Crippen molar-refractivity contribution >= 4 is 43.8 Å². The number of benzene rings is 1. The number of thiazole rings is 1. The lowest BCUT2D eigenvalue weighted by Crippen LogP contribution is -2.18. The van der Waals surface area contributed by atoms with Crippen molar-refractivity contribution in [3.8, 4) is 11.5 Å². The molecule has 0 unspecified atom stereocenters. The second kappa shape index (κ2) is 6.03. The summed E-state index contributed by atoms with van der Waals surface area (Å²) in [7, 11) is 3.43. The maximum absolute atomic E-state index is 12.4. The van der Waals surface area contributed by atoms with Gasteiger partial charge in [0.05, 0.1) is 29.3 Å². The Bertz CT molecular complexity index is 1140. The molecular weight excluding hydrogens is 354 g/mol. The first-order valence-electron chi connectivity index (χ1n) is 7.91. The van der Waals surface area contributed by atoms with Crippen LogP contribution >= 0.6 is 11.3 Å². The Morgan fingerprint density at radius 2 is 2.23 bits per heavy atom. The Kier molecular flexibility index (Phi) is 3.80. The van der Waals surface area contributed by atoms with E-state index < -0.39 is 0 Å². The fraction of sp³-hybridized carbons (Fsp3) is 0.235. The van der Waals surface area contributed by atoms with E-state index in [-0.39, 0.29) is 18.2 Å². The highest BCUT2D eigenvalue weighted by atomic mass is 32.1. The Morgan fingerprint density at radius 3 is 3.00 bits per heavy atom. The van der Waals surface area contributed by atoms with E-state index in [0.717, 1.165) is 16.0 Å². The van der Waals surface area contributed by atoms with Crippen molar-refractivity contribution in [1.29, 1.82) is 0 Å². The first kappa shape index (κ1) is 16.4. The summed E-state index contributed by atoms with van der Waals surface area (Å²) in [6.45, 7) is 1.84. The number of aryl methyl sites for hydroxylation is 1. The maximum Gasteiger partial charge on any atom is 0.246 e. The first-order valence-corrected chi connectivity index (χ1v) is 8.73. The van der Waals surface area contributed by atoms with Gasteiger partial charge in [0.2, 0.25) is 5.91 Å². The number of carbonyl (C=O) groups excluding carboxylic acids is 1. The van der Waals surface area contributed by atoms with Crippen LogP contribution in [0.5, 0.6) is 11.5 Å². The number of hydrogen-bond donors (Lipinski definition) is 2. The average Bonchev–Trinajstić information content (AvgIpc) is 3.27. The highest BCUT2D eigenvalue weighted by molar-refractivity contribution is 7.22. The van der Waals surface area contributed by atoms with Gasteiger partial charge in [-0.25, -0.2) is 9.97 Å². The molecule has 4 rings (SSSR count). The summed E-state index contributed by atoms with van der Waals surface area (Å²) in [5, 5.41) is 13.6. The van der Waals surface area contributed by atoms with Crippen LogP contribution in [0.1, 0.15) is 5.69 Å². The number of rotatable bonds is 4. The molecule has 0 atom stereocenters. The zero-order valence-electron chi connectivity index (χ0n) is 14.5. The number of fused-ring (bicyclic) bond motifs is 2. The van der Waals surface area contributed by atoms with Crippen molar-refractivity contribution in [1.82, 2.24) is 19.1 Å². The minimum Gasteiger partial charge on any atom is -0.504 e. The second-order valence-corrected chi connectivity index (χ2v) is 6.97. The Hall–Kier alpha value is -3.07. The van der Waals surface area contributed by atoms with Gasteiger partial charge < -0.3 is 24.3 Å². The van der Waals surface area contributed by atoms with Crippen molar-refractivity contribution in [2.45, 2.75) is 13.5 Å². The molecule has 0 spiro atoms. The summed E-state index contributed by atoms with van der Waals surface area (Å²) in [4.78, 5) is 21.1. The molecule has 9 heteroatoms. The number of nitrogens with one attached hydrogen (secondary N) is 1. The number of aromatic hydroxyl groups is 1. The molecule has 1 amide bonds. The Morgan fingerprint density at radius 1 is 1.42 bits per heavy atom. The minimum atomic E-state index is -0.240. The zero-order chi connectivity index (χ0) is 18.4. The number of hydrogen-bond acceptors (Lipinski definition) is 6. The molecule has 0 radical (unpaired) electrons. The number of amides is 1. The maximum atomic E-state index is 12.4. The summed E-state index contributed by atoms with van der Waals surface area (Å²) < 4.78 is 9.55. The van der Waals surface area contributed by atoms with Gasteiger partial charge in [-0.05, 0) is 25.1 Å². The van der Waals surface area contributed by atoms with Gasteiger partial charge in [0.1, 0.15) is 17.8 Å². The topological polar surface area (TPSA) is 94.2 Å². The monoisotopic (exact) mass is 371 g/mol. The van der Waals surface area contributed by atoms with E-state index in [0.29, 0.717) is 22.0 Å². The van der Waals surface area contributed by atoms with Crippen LogP contribution in [0.4, 0.5) is 5.13 Å². The van der Waals surface area contributed by atoms with E-state index in [1.165, 1.54) is 11.3 Å². The summed E-state index contributed by atoms with van der Waals surface area (Å²) >= 11 is 1.38. The van der Waals surface area contributed by atoms with E-state index in [2.05, 4.69) is 15.3 Å². The van der Waals surface area contributed by atoms with Crippen LogP contribution in [0.15, 0.2) is 24.5 Å². The average molecular weight is 371 g/mol. The molecule has 0 aliphatic carbocycles. The molecule has 0 saturated carbocycles. The van der Waals surface area contributed by atoms with Crippen LogP contribution in [-0.4, -0.2) is 37.2 Å². The second-order valence-electron chi connectivity index (χ2n) is 5.94. The number of imidazole rings is 1. The van der Waals surface area contributed by atoms with E-state index in [1.807, 2.05) is 25.2 Å². The van der Waals surface area contributed by atoms with Gasteiger partial charge in [0.15, 0.2) is 16.5 Å². The van der Waals surface area contributed by atoms with Gasteiger partial charge in [-0.1, -0.05) is 11.3 Å². The number of methoxy groups -OCH3 is 1. The highest BCUT2D eigenvalue weighted by Crippen LogP contribution is 2.31. The predicted molar refractivity (Wildman–Crippen MR) is 99.9 cm³/mol. The van der Waals surface area contributed by atoms with Crippen molar-refractivity contribution in [2.75, 3.05) is 12.4 Å². The lowest BCUT2D eigenvalue weighted by atomic mass is 10.3. The Balaban J connectivity index is 1.57. The van der Waals surface area contributed by atoms with Gasteiger partial charge in [0, 0.05) is 7.05 Å². The van der Waals surface area contributed by atoms with Gasteiger partial charge in [-0.3, -0.25) is 4.79 Å². The highest BCUT2D eigenvalue weighted by Gasteiger charge is 2.18. The molecule has 0 saturated heterocycles. The lowest BCUT2D eigenvalue weighted by Gasteiger charge is -2.03. The van der Waals surface area contributed by atoms with Crippen LogP contribution in [-0.2, 0) is 18.4 Å². The molecule has 0 fully saturated rings. The summed E-state index contributed by atoms with van der Waals surface area (Å²) in [5.41, 5.74) is 2.69. The molecule has 2 N–H and O–H groups in total. The minimum absolute atomic E-state index is 0.0345. The zero-order valence-corrected chi connectivity index (χ0v) is 15.3. The molecule has 1 aromatic carbocycles. The van der Waals surface area contributed by atoms with E-state index in [4.69, 9.17) is 4.74 Å². The van der Waals surface area contributed by atoms with E-state index in [1.54, 1.807) is 29.5 Å². The SMILES string of the molecule is COc1ccc2nc(NC(=O)Cn3cnc4c3c(O)c(C)n4C)sc2c1. The van der Waals surface area contributed by atoms with Crippen molar-refractivity contribution in [2.24, 2.45) is 7.05 Å². The van der Waals surface area contributed by atoms with Gasteiger partial charge in [-0.2, -0.15) is 0 Å². The van der Waals surface area contributed by atoms with E-state index in [9.17, 15) is 9.90 Å². The third-order valence-corrected chi connectivity index (χ3v) is 5.30. The largest absolute Gasteiger partial charge is 0.504 e. The predicted octanol–water partition coefficient (Wildman–Crippen LogP) is 2.65. The first-order chi connectivity index (χ1) is 12.5. The Labute approximate surface area is 152 Å². The standard InChI is InChI=1S/C17H17N5O3S/c1-9-15(24)14-16(21(9)2)18-8-22(14)7-13(23)20-17-19-11-5-4-10(25-3)6-12(11)26-17/h4-6,8,24H,7H2,1-3H3,(H,19,20,23). The quantitative estimate of drug-likeness (QED) is 0.575. The van der Waals surface area contributed by atoms with Crippen LogP contribution < -0.4 is 10.1 Å². The van der Waals surface area contributed by atoms with Gasteiger partial charge >= 0.3 is 0 Å². The molecule has 0 aliphatic rings. The normalized spacial score (nSPS) is 11.3. The molecule has 3 aromatic heterocycles. The van der Waals surface area contributed by atoms with Crippen LogP contribution in [0.2, 0.25) is 0 Å². The van der Waals surface area contributed by atoms with Crippen LogP contribution in [0.3, 0.4) is 0 Å². The van der Waals surface area contributed by atoms with Crippen LogP contribution in [0, 0.1) is 6.92 Å². The number of carbonyl (C=O) groups is 1. The third kappa shape index (κ3) is 2.57. The summed E-state index contributed by atoms with van der Waals surface area (Å²) in [6.07, 6.45) is 1.55. The lowest BCUT2D eigenvalue weighted by molar-refractivity contribution is -0.116. The molecule has 26 heavy (non-hydrogen) atoms. The summed E-state index contributed by atoms with van der Waals surface area (Å²) in [5.74, 6) is 0.644. The molecule has 134 valence electrons. The molecule has 4 aromatic rings. The number of aromatic nitrogens is 4. The summed E-state index contributed by atoms with van der Waals surface area (Å²) in [6, 6.07) is 5.56. The molecular formula is C17H17N5O3S. The fourth-order valence-corrected chi connectivity index (χ4v) is 3.78. The van der Waals surface area contributed by atoms with Crippen molar-refractivity contribution in [3.05, 3.63) is 30.2 Å². The molecule has 3 heterocycles. The fourth-order valence-electron chi connectivity index (χ4n) is 2.87. The van der Waals surface area contributed by atoms with Gasteiger partial charge in [0.25, 0.3) is 0 Å². The smallest absolute Gasteiger partial charge is 0.246 e. The van der Waals surface area contributed by atoms with Crippen LogP contribution in [0.25, 0.3) is 21.4 Å². The number of nitrogens with zero attached hydrogens (tertiary/aromatic N) is 4. The van der Waals surface area contributed by atoms with Crippen molar-refractivity contribution in [3.63, 3.8) is 0 Å². The number of ether oxygens (including phenoxy) is 1. The van der Waals surface area contributed by atoms with Crippen molar-refractivity contribution < 1.29 is 14.6 Å². The van der Waals surface area contributed by atoms with E-state index >= 15 is 0 Å². The number of anilines is 1. The van der Waals surface area contributed by atoms with Gasteiger partial charge in [-0.15, -0.1) is 0 Å². The molecule has 0 aliphatic heterocycles. The molecule has 8 nitrogen and oxygen atoms in total. The molecule has 0 bridgehead atoms. The third-order valence-electron chi connectivity index (χ3n) is 4.36.